The Balaban J connectivity index is 1.81. The Labute approximate surface area is 255 Å². The summed E-state index contributed by atoms with van der Waals surface area (Å²) in [6, 6.07) is 8.72. The molecule has 2 aliphatic rings. The maximum absolute atomic E-state index is 5.15. The van der Waals surface area contributed by atoms with Crippen LogP contribution < -0.4 is 0 Å². The molecule has 6 heteroatoms. The topological polar surface area (TPSA) is 57.4 Å². The molecule has 40 heavy (non-hydrogen) atoms. The van der Waals surface area contributed by atoms with Crippen LogP contribution in [0.2, 0.25) is 0 Å². The molecule has 0 amide bonds. The number of halogens is 2. The lowest BCUT2D eigenvalue weighted by molar-refractivity contribution is 0.462. The molecule has 5 heterocycles. The molecule has 2 N–H and O–H groups in total. The molecular weight excluding hydrogens is 624 g/mol. The van der Waals surface area contributed by atoms with Crippen LogP contribution in [0.3, 0.4) is 0 Å². The molecule has 3 aromatic rings. The summed E-state index contributed by atoms with van der Waals surface area (Å²) in [7, 11) is 0. The van der Waals surface area contributed by atoms with Crippen molar-refractivity contribution >= 4 is 78.2 Å². The molecule has 3 aromatic heterocycles. The first-order valence-electron chi connectivity index (χ1n) is 14.9. The second-order valence-corrected chi connectivity index (χ2v) is 12.7. The van der Waals surface area contributed by atoms with Gasteiger partial charge in [0, 0.05) is 22.2 Å². The minimum Gasteiger partial charge on any atom is -0.354 e. The molecule has 0 aliphatic carbocycles. The smallest absolute Gasteiger partial charge is 0.0800 e. The second kappa shape index (κ2) is 13.0. The predicted octanol–water partition coefficient (Wildman–Crippen LogP) is 10.9. The third-order valence-electron chi connectivity index (χ3n) is 8.38. The summed E-state index contributed by atoms with van der Waals surface area (Å²) in [4.78, 5) is 17.7. The Morgan fingerprint density at radius 1 is 0.575 bits per heavy atom. The van der Waals surface area contributed by atoms with E-state index in [0.717, 1.165) is 79.5 Å². The molecule has 2 unspecified atom stereocenters. The zero-order valence-corrected chi connectivity index (χ0v) is 27.3. The lowest BCUT2D eigenvalue weighted by Gasteiger charge is -2.14. The van der Waals surface area contributed by atoms with Gasteiger partial charge in [0.15, 0.2) is 0 Å². The molecule has 2 aliphatic heterocycles. The first kappa shape index (κ1) is 29.1. The highest BCUT2D eigenvalue weighted by Gasteiger charge is 2.18. The van der Waals surface area contributed by atoms with E-state index in [1.165, 1.54) is 36.8 Å². The van der Waals surface area contributed by atoms with Crippen LogP contribution in [-0.2, 0) is 12.8 Å². The number of nitrogens with zero attached hydrogens (tertiary/aromatic N) is 2. The fraction of sp³-hybridized carbons (Fsp3) is 0.412. The van der Waals surface area contributed by atoms with Gasteiger partial charge in [-0.3, -0.25) is 0 Å². The molecule has 8 bridgehead atoms. The summed E-state index contributed by atoms with van der Waals surface area (Å²) in [6.07, 6.45) is 17.7. The largest absolute Gasteiger partial charge is 0.354 e. The van der Waals surface area contributed by atoms with E-state index in [2.05, 4.69) is 118 Å². The molecule has 0 radical (unpaired) electrons. The molecule has 5 rings (SSSR count). The minimum atomic E-state index is 0.621. The zero-order chi connectivity index (χ0) is 28.2. The van der Waals surface area contributed by atoms with Gasteiger partial charge in [0.1, 0.15) is 0 Å². The molecule has 2 atom stereocenters. The number of rotatable bonds is 10. The van der Waals surface area contributed by atoms with Crippen molar-refractivity contribution in [2.45, 2.75) is 79.1 Å². The normalized spacial score (nSPS) is 14.2. The fourth-order valence-electron chi connectivity index (χ4n) is 5.98. The number of hydrogen-bond acceptors (Lipinski definition) is 2. The van der Waals surface area contributed by atoms with E-state index < -0.39 is 0 Å². The van der Waals surface area contributed by atoms with Crippen LogP contribution in [0.1, 0.15) is 100 Å². The summed E-state index contributed by atoms with van der Waals surface area (Å²) in [5.74, 6) is 1.24. The van der Waals surface area contributed by atoms with Crippen molar-refractivity contribution in [1.82, 2.24) is 19.9 Å². The van der Waals surface area contributed by atoms with E-state index in [-0.39, 0.29) is 0 Å². The highest BCUT2D eigenvalue weighted by molar-refractivity contribution is 9.11. The first-order valence-corrected chi connectivity index (χ1v) is 16.5. The van der Waals surface area contributed by atoms with Gasteiger partial charge in [-0.15, -0.1) is 0 Å². The molecule has 0 spiro atoms. The number of nitrogens with one attached hydrogen (secondary N) is 2. The van der Waals surface area contributed by atoms with E-state index >= 15 is 0 Å². The van der Waals surface area contributed by atoms with E-state index in [9.17, 15) is 0 Å². The van der Waals surface area contributed by atoms with Crippen LogP contribution in [0.25, 0.3) is 46.4 Å². The third kappa shape index (κ3) is 6.08. The van der Waals surface area contributed by atoms with Gasteiger partial charge in [0.05, 0.1) is 42.8 Å². The summed E-state index contributed by atoms with van der Waals surface area (Å²) in [5.41, 5.74) is 10.8. The van der Waals surface area contributed by atoms with Crippen molar-refractivity contribution in [3.05, 3.63) is 67.1 Å². The van der Waals surface area contributed by atoms with Gasteiger partial charge < -0.3 is 9.97 Å². The second-order valence-electron chi connectivity index (χ2n) is 11.1. The highest BCUT2D eigenvalue weighted by atomic mass is 79.9. The number of hydrogen-bond donors (Lipinski definition) is 2. The van der Waals surface area contributed by atoms with Crippen molar-refractivity contribution in [1.29, 1.82) is 0 Å². The Morgan fingerprint density at radius 2 is 0.950 bits per heavy atom. The Hall–Kier alpha value is -2.44. The van der Waals surface area contributed by atoms with E-state index in [1.807, 2.05) is 0 Å². The van der Waals surface area contributed by atoms with Crippen LogP contribution in [0.4, 0.5) is 0 Å². The van der Waals surface area contributed by atoms with Crippen LogP contribution in [0.5, 0.6) is 0 Å². The van der Waals surface area contributed by atoms with Gasteiger partial charge in [-0.05, 0) is 105 Å². The maximum Gasteiger partial charge on any atom is 0.0800 e. The highest BCUT2D eigenvalue weighted by Crippen LogP contribution is 2.33. The van der Waals surface area contributed by atoms with E-state index in [0.29, 0.717) is 11.8 Å². The van der Waals surface area contributed by atoms with Crippen molar-refractivity contribution in [2.75, 3.05) is 0 Å². The standard InChI is InChI=1S/C34H40Br2N4/c1-5-9-21(7-3)19-23-25-11-15-29(37-25)33(35)31-17-13-27(39-31)24(20-22(8-4)10-6-2)28-14-18-32(40-28)34(36)30-16-12-26(23)38-30/h11-18,21-22,37,40H,5-10,19-20H2,1-4H3. The van der Waals surface area contributed by atoms with Gasteiger partial charge in [0.25, 0.3) is 0 Å². The monoisotopic (exact) mass is 662 g/mol. The van der Waals surface area contributed by atoms with Crippen molar-refractivity contribution < 1.29 is 0 Å². The lowest BCUT2D eigenvalue weighted by Crippen LogP contribution is -2.05. The Bertz CT molecular complexity index is 1470. The average Bonchev–Trinajstić information content (AvgIpc) is 3.79. The van der Waals surface area contributed by atoms with Gasteiger partial charge in [0.2, 0.25) is 0 Å². The van der Waals surface area contributed by atoms with Gasteiger partial charge in [-0.1, -0.05) is 66.2 Å². The van der Waals surface area contributed by atoms with Crippen LogP contribution >= 0.6 is 31.9 Å². The number of aromatic nitrogens is 4. The molecule has 0 saturated heterocycles. The Kier molecular flexibility index (Phi) is 9.47. The molecule has 210 valence electrons. The van der Waals surface area contributed by atoms with Crippen molar-refractivity contribution in [3.8, 4) is 0 Å². The van der Waals surface area contributed by atoms with Gasteiger partial charge in [-0.25, -0.2) is 9.97 Å². The summed E-state index contributed by atoms with van der Waals surface area (Å²) in [6.45, 7) is 9.15. The van der Waals surface area contributed by atoms with E-state index in [4.69, 9.17) is 9.97 Å². The SMILES string of the molecule is CCCC(CC)Cc1c2nc(c(Br)c3ccc([nH]3)c(CC(CC)CCC)c3nc(c(Br)c4ccc1[nH]4)C=C3)C=C2. The first-order chi connectivity index (χ1) is 19.4. The van der Waals surface area contributed by atoms with Gasteiger partial charge >= 0.3 is 0 Å². The Morgan fingerprint density at radius 3 is 1.32 bits per heavy atom. The third-order valence-corrected chi connectivity index (χ3v) is 10.0. The predicted molar refractivity (Wildman–Crippen MR) is 179 cm³/mol. The van der Waals surface area contributed by atoms with Gasteiger partial charge in [-0.2, -0.15) is 0 Å². The number of H-pyrrole nitrogens is 2. The lowest BCUT2D eigenvalue weighted by atomic mass is 9.92. The summed E-state index contributed by atoms with van der Waals surface area (Å²) >= 11 is 7.79. The number of fused-ring (bicyclic) bond motifs is 8. The maximum atomic E-state index is 5.15. The summed E-state index contributed by atoms with van der Waals surface area (Å²) < 4.78 is 1.97. The summed E-state index contributed by atoms with van der Waals surface area (Å²) in [5, 5.41) is 0. The minimum absolute atomic E-state index is 0.621. The quantitative estimate of drug-likeness (QED) is 0.156. The molecule has 0 saturated carbocycles. The van der Waals surface area contributed by atoms with Crippen molar-refractivity contribution in [2.24, 2.45) is 11.8 Å². The van der Waals surface area contributed by atoms with Crippen LogP contribution in [0.15, 0.2) is 33.2 Å². The van der Waals surface area contributed by atoms with Crippen molar-refractivity contribution in [3.63, 3.8) is 0 Å². The zero-order valence-electron chi connectivity index (χ0n) is 24.1. The molecular formula is C34H40Br2N4. The van der Waals surface area contributed by atoms with Crippen LogP contribution in [-0.4, -0.2) is 19.9 Å². The fourth-order valence-corrected chi connectivity index (χ4v) is 6.88. The average molecular weight is 665 g/mol. The molecule has 0 aromatic carbocycles. The molecule has 0 fully saturated rings. The number of aromatic amines is 2. The van der Waals surface area contributed by atoms with Crippen LogP contribution in [0, 0.1) is 11.8 Å². The van der Waals surface area contributed by atoms with E-state index in [1.54, 1.807) is 0 Å². The molecule has 4 nitrogen and oxygen atoms in total.